The number of aryl methyl sites for hydroxylation is 1. The second-order valence-electron chi connectivity index (χ2n) is 8.31. The number of hydrogen-bond donors (Lipinski definition) is 0. The van der Waals surface area contributed by atoms with Gasteiger partial charge in [-0.1, -0.05) is 29.8 Å². The molecular formula is C22H27FN2O2S. The Kier molecular flexibility index (Phi) is 5.29. The van der Waals surface area contributed by atoms with Crippen molar-refractivity contribution in [3.63, 3.8) is 0 Å². The summed E-state index contributed by atoms with van der Waals surface area (Å²) in [6, 6.07) is 13.9. The molecule has 0 bridgehead atoms. The van der Waals surface area contributed by atoms with Crippen LogP contribution in [-0.2, 0) is 16.6 Å². The molecular weight excluding hydrogens is 375 g/mol. The predicted octanol–water partition coefficient (Wildman–Crippen LogP) is 3.81. The molecule has 2 saturated heterocycles. The molecule has 0 radical (unpaired) electrons. The van der Waals surface area contributed by atoms with Crippen LogP contribution in [0.1, 0.15) is 30.4 Å². The van der Waals surface area contributed by atoms with E-state index in [0.29, 0.717) is 18.0 Å². The summed E-state index contributed by atoms with van der Waals surface area (Å²) in [5.41, 5.74) is 2.13. The van der Waals surface area contributed by atoms with Crippen molar-refractivity contribution < 1.29 is 12.8 Å². The maximum Gasteiger partial charge on any atom is 0.243 e. The maximum atomic E-state index is 13.4. The van der Waals surface area contributed by atoms with Crippen LogP contribution in [0.4, 0.5) is 4.39 Å². The second-order valence-corrected chi connectivity index (χ2v) is 10.2. The predicted molar refractivity (Wildman–Crippen MR) is 108 cm³/mol. The van der Waals surface area contributed by atoms with Crippen molar-refractivity contribution in [2.24, 2.45) is 5.41 Å². The highest BCUT2D eigenvalue weighted by Crippen LogP contribution is 2.42. The van der Waals surface area contributed by atoms with Crippen LogP contribution in [-0.4, -0.2) is 43.8 Å². The lowest BCUT2D eigenvalue weighted by Gasteiger charge is -2.39. The summed E-state index contributed by atoms with van der Waals surface area (Å²) in [6.45, 7) is 5.76. The van der Waals surface area contributed by atoms with Crippen molar-refractivity contribution in [3.8, 4) is 0 Å². The highest BCUT2D eigenvalue weighted by Gasteiger charge is 2.44. The van der Waals surface area contributed by atoms with Gasteiger partial charge < -0.3 is 0 Å². The molecule has 0 N–H and O–H groups in total. The molecule has 2 aromatic rings. The Balaban J connectivity index is 1.38. The van der Waals surface area contributed by atoms with E-state index in [9.17, 15) is 12.8 Å². The lowest BCUT2D eigenvalue weighted by molar-refractivity contribution is 0.109. The standard InChI is InChI=1S/C22H27FN2O2S/c1-18-5-7-21(8-6-18)28(26,27)25-14-11-22(17-25)9-12-24(13-10-22)16-19-3-2-4-20(23)15-19/h2-8,15H,9-14,16-17H2,1H3. The molecule has 4 nitrogen and oxygen atoms in total. The third-order valence-electron chi connectivity index (χ3n) is 6.27. The number of piperidine rings is 1. The van der Waals surface area contributed by atoms with Crippen LogP contribution in [0.2, 0.25) is 0 Å². The van der Waals surface area contributed by atoms with Crippen molar-refractivity contribution in [1.82, 2.24) is 9.21 Å². The second kappa shape index (κ2) is 7.58. The van der Waals surface area contributed by atoms with Gasteiger partial charge in [-0.05, 0) is 74.5 Å². The van der Waals surface area contributed by atoms with Crippen molar-refractivity contribution >= 4 is 10.0 Å². The van der Waals surface area contributed by atoms with Gasteiger partial charge in [0.05, 0.1) is 4.90 Å². The Morgan fingerprint density at radius 2 is 1.68 bits per heavy atom. The number of nitrogens with zero attached hydrogens (tertiary/aromatic N) is 2. The summed E-state index contributed by atoms with van der Waals surface area (Å²) in [7, 11) is -3.42. The first-order valence-electron chi connectivity index (χ1n) is 9.90. The summed E-state index contributed by atoms with van der Waals surface area (Å²) in [5.74, 6) is -0.196. The van der Waals surface area contributed by atoms with Gasteiger partial charge in [0.2, 0.25) is 10.0 Å². The number of hydrogen-bond acceptors (Lipinski definition) is 3. The highest BCUT2D eigenvalue weighted by molar-refractivity contribution is 7.89. The molecule has 0 atom stereocenters. The molecule has 0 unspecified atom stereocenters. The monoisotopic (exact) mass is 402 g/mol. The largest absolute Gasteiger partial charge is 0.299 e. The van der Waals surface area contributed by atoms with Crippen LogP contribution < -0.4 is 0 Å². The maximum absolute atomic E-state index is 13.4. The molecule has 0 aliphatic carbocycles. The number of likely N-dealkylation sites (tertiary alicyclic amines) is 1. The summed E-state index contributed by atoms with van der Waals surface area (Å²) in [6.07, 6.45) is 2.90. The van der Waals surface area contributed by atoms with Crippen LogP contribution in [0.3, 0.4) is 0 Å². The highest BCUT2D eigenvalue weighted by atomic mass is 32.2. The number of benzene rings is 2. The molecule has 2 fully saturated rings. The van der Waals surface area contributed by atoms with Crippen molar-refractivity contribution in [2.75, 3.05) is 26.2 Å². The average Bonchev–Trinajstić information content (AvgIpc) is 3.09. The minimum absolute atomic E-state index is 0.0796. The minimum atomic E-state index is -3.42. The van der Waals surface area contributed by atoms with Crippen LogP contribution in [0.25, 0.3) is 0 Å². The van der Waals surface area contributed by atoms with Gasteiger partial charge in [-0.3, -0.25) is 4.90 Å². The Labute approximate surface area is 167 Å². The third-order valence-corrected chi connectivity index (χ3v) is 8.13. The van der Waals surface area contributed by atoms with Crippen molar-refractivity contribution in [1.29, 1.82) is 0 Å². The van der Waals surface area contributed by atoms with E-state index >= 15 is 0 Å². The summed E-state index contributed by atoms with van der Waals surface area (Å²) < 4.78 is 41.0. The fourth-order valence-corrected chi connectivity index (χ4v) is 6.00. The van der Waals surface area contributed by atoms with E-state index in [0.717, 1.165) is 50.0 Å². The van der Waals surface area contributed by atoms with E-state index in [1.807, 2.05) is 25.1 Å². The summed E-state index contributed by atoms with van der Waals surface area (Å²) in [5, 5.41) is 0. The Hall–Kier alpha value is -1.76. The van der Waals surface area contributed by atoms with Crippen molar-refractivity contribution in [2.45, 2.75) is 37.6 Å². The molecule has 2 aliphatic heterocycles. The minimum Gasteiger partial charge on any atom is -0.299 e. The Morgan fingerprint density at radius 3 is 2.36 bits per heavy atom. The van der Waals surface area contributed by atoms with E-state index in [1.54, 1.807) is 28.6 Å². The van der Waals surface area contributed by atoms with Gasteiger partial charge in [-0.15, -0.1) is 0 Å². The lowest BCUT2D eigenvalue weighted by atomic mass is 9.78. The lowest BCUT2D eigenvalue weighted by Crippen LogP contribution is -2.41. The normalized spacial score (nSPS) is 20.6. The first-order valence-corrected chi connectivity index (χ1v) is 11.3. The molecule has 2 heterocycles. The fourth-order valence-electron chi connectivity index (χ4n) is 4.45. The zero-order valence-electron chi connectivity index (χ0n) is 16.3. The first-order chi connectivity index (χ1) is 13.4. The zero-order valence-corrected chi connectivity index (χ0v) is 17.1. The van der Waals surface area contributed by atoms with Gasteiger partial charge in [-0.2, -0.15) is 4.31 Å². The van der Waals surface area contributed by atoms with Crippen LogP contribution in [0, 0.1) is 18.2 Å². The quantitative estimate of drug-likeness (QED) is 0.781. The molecule has 0 saturated carbocycles. The first kappa shape index (κ1) is 19.6. The van der Waals surface area contributed by atoms with Gasteiger partial charge in [0, 0.05) is 19.6 Å². The molecule has 1 spiro atoms. The molecule has 28 heavy (non-hydrogen) atoms. The number of sulfonamides is 1. The molecule has 150 valence electrons. The van der Waals surface area contributed by atoms with Crippen LogP contribution >= 0.6 is 0 Å². The number of halogens is 1. The molecule has 2 aliphatic rings. The van der Waals surface area contributed by atoms with E-state index in [4.69, 9.17) is 0 Å². The summed E-state index contributed by atoms with van der Waals surface area (Å²) in [4.78, 5) is 2.73. The average molecular weight is 403 g/mol. The van der Waals surface area contributed by atoms with E-state index in [1.165, 1.54) is 6.07 Å². The van der Waals surface area contributed by atoms with Gasteiger partial charge in [0.25, 0.3) is 0 Å². The Morgan fingerprint density at radius 1 is 1.00 bits per heavy atom. The topological polar surface area (TPSA) is 40.6 Å². The van der Waals surface area contributed by atoms with Gasteiger partial charge >= 0.3 is 0 Å². The van der Waals surface area contributed by atoms with E-state index in [-0.39, 0.29) is 11.2 Å². The van der Waals surface area contributed by atoms with Crippen LogP contribution in [0.5, 0.6) is 0 Å². The third kappa shape index (κ3) is 4.00. The Bertz CT molecular complexity index is 935. The van der Waals surface area contributed by atoms with Gasteiger partial charge in [-0.25, -0.2) is 12.8 Å². The molecule has 0 amide bonds. The van der Waals surface area contributed by atoms with E-state index < -0.39 is 10.0 Å². The van der Waals surface area contributed by atoms with Gasteiger partial charge in [0.15, 0.2) is 0 Å². The molecule has 2 aromatic carbocycles. The summed E-state index contributed by atoms with van der Waals surface area (Å²) >= 11 is 0. The van der Waals surface area contributed by atoms with Crippen LogP contribution in [0.15, 0.2) is 53.4 Å². The van der Waals surface area contributed by atoms with Crippen molar-refractivity contribution in [3.05, 3.63) is 65.5 Å². The molecule has 6 heteroatoms. The fraction of sp³-hybridized carbons (Fsp3) is 0.455. The molecule has 4 rings (SSSR count). The zero-order chi connectivity index (χ0) is 19.8. The van der Waals surface area contributed by atoms with Gasteiger partial charge in [0.1, 0.15) is 5.82 Å². The van der Waals surface area contributed by atoms with E-state index in [2.05, 4.69) is 4.90 Å². The molecule has 0 aromatic heterocycles. The SMILES string of the molecule is Cc1ccc(S(=O)(=O)N2CCC3(CCN(Cc4cccc(F)c4)CC3)C2)cc1. The number of rotatable bonds is 4. The smallest absolute Gasteiger partial charge is 0.243 e.